The third kappa shape index (κ3) is 4.09. The van der Waals surface area contributed by atoms with Crippen LogP contribution in [0, 0.1) is 11.3 Å². The Bertz CT molecular complexity index is 362. The minimum absolute atomic E-state index is 0.154. The van der Waals surface area contributed by atoms with Crippen molar-refractivity contribution in [3.05, 3.63) is 12.2 Å². The molecular formula is C14H28N4. The number of hydrogen-bond donors (Lipinski definition) is 1. The minimum Gasteiger partial charge on any atom is -0.327 e. The molecule has 0 spiro atoms. The first-order valence-corrected chi connectivity index (χ1v) is 6.85. The van der Waals surface area contributed by atoms with E-state index in [9.17, 15) is 0 Å². The Morgan fingerprint density at radius 1 is 1.28 bits per heavy atom. The highest BCUT2D eigenvalue weighted by Crippen LogP contribution is 2.29. The normalized spacial score (nSPS) is 16.0. The average molecular weight is 252 g/mol. The molecule has 1 rings (SSSR count). The molecule has 0 aliphatic carbocycles. The van der Waals surface area contributed by atoms with E-state index in [1.165, 1.54) is 0 Å². The summed E-state index contributed by atoms with van der Waals surface area (Å²) in [4.78, 5) is 4.32. The second-order valence-corrected chi connectivity index (χ2v) is 6.68. The van der Waals surface area contributed by atoms with Crippen LogP contribution in [0.25, 0.3) is 0 Å². The Balaban J connectivity index is 2.60. The molecule has 1 heterocycles. The van der Waals surface area contributed by atoms with Gasteiger partial charge in [0, 0.05) is 18.5 Å². The monoisotopic (exact) mass is 252 g/mol. The largest absolute Gasteiger partial charge is 0.327 e. The number of nitrogens with two attached hydrogens (primary N) is 1. The van der Waals surface area contributed by atoms with Gasteiger partial charge < -0.3 is 5.73 Å². The lowest BCUT2D eigenvalue weighted by Gasteiger charge is -2.29. The first kappa shape index (κ1) is 15.2. The molecule has 2 atom stereocenters. The summed E-state index contributed by atoms with van der Waals surface area (Å²) in [5.74, 6) is 1.60. The molecule has 0 aliphatic rings. The molecule has 0 saturated carbocycles. The third-order valence-corrected chi connectivity index (χ3v) is 3.72. The molecule has 104 valence electrons. The van der Waals surface area contributed by atoms with Crippen LogP contribution in [-0.4, -0.2) is 20.8 Å². The fraction of sp³-hybridized carbons (Fsp3) is 0.857. The lowest BCUT2D eigenvalue weighted by Crippen LogP contribution is -2.31. The van der Waals surface area contributed by atoms with Crippen molar-refractivity contribution in [2.24, 2.45) is 17.1 Å². The molecule has 0 radical (unpaired) electrons. The highest BCUT2D eigenvalue weighted by atomic mass is 15.3. The molecule has 0 amide bonds. The third-order valence-electron chi connectivity index (χ3n) is 3.72. The van der Waals surface area contributed by atoms with Gasteiger partial charge >= 0.3 is 0 Å². The molecule has 0 fully saturated rings. The summed E-state index contributed by atoms with van der Waals surface area (Å²) in [6, 6.07) is 0.496. The number of nitrogens with zero attached hydrogens (tertiary/aromatic N) is 3. The summed E-state index contributed by atoms with van der Waals surface area (Å²) < 4.78 is 1.96. The quantitative estimate of drug-likeness (QED) is 0.876. The molecule has 1 aromatic rings. The van der Waals surface area contributed by atoms with Crippen LogP contribution in [0.2, 0.25) is 0 Å². The summed E-state index contributed by atoms with van der Waals surface area (Å²) in [7, 11) is 0. The molecule has 2 unspecified atom stereocenters. The van der Waals surface area contributed by atoms with E-state index >= 15 is 0 Å². The zero-order chi connectivity index (χ0) is 13.9. The second kappa shape index (κ2) is 5.83. The fourth-order valence-corrected chi connectivity index (χ4v) is 1.98. The zero-order valence-electron chi connectivity index (χ0n) is 12.6. The lowest BCUT2D eigenvalue weighted by atomic mass is 9.78. The number of hydrogen-bond acceptors (Lipinski definition) is 3. The standard InChI is InChI=1S/C14H28N4/c1-10(2)18-13(16-9-17-18)8-12(15)7-11(3)14(4,5)6/h9-12H,7-8,15H2,1-6H3. The van der Waals surface area contributed by atoms with Gasteiger partial charge in [0.2, 0.25) is 0 Å². The van der Waals surface area contributed by atoms with Crippen LogP contribution < -0.4 is 5.73 Å². The fourth-order valence-electron chi connectivity index (χ4n) is 1.98. The molecule has 4 nitrogen and oxygen atoms in total. The van der Waals surface area contributed by atoms with Gasteiger partial charge in [0.05, 0.1) is 0 Å². The van der Waals surface area contributed by atoms with Crippen molar-refractivity contribution < 1.29 is 0 Å². The van der Waals surface area contributed by atoms with Gasteiger partial charge in [-0.1, -0.05) is 27.7 Å². The highest BCUT2D eigenvalue weighted by molar-refractivity contribution is 4.91. The molecule has 1 aromatic heterocycles. The molecule has 18 heavy (non-hydrogen) atoms. The van der Waals surface area contributed by atoms with Crippen LogP contribution in [0.5, 0.6) is 0 Å². The lowest BCUT2D eigenvalue weighted by molar-refractivity contribution is 0.231. The van der Waals surface area contributed by atoms with Gasteiger partial charge in [-0.2, -0.15) is 5.10 Å². The van der Waals surface area contributed by atoms with Crippen molar-refractivity contribution >= 4 is 0 Å². The first-order valence-electron chi connectivity index (χ1n) is 6.85. The van der Waals surface area contributed by atoms with Crippen LogP contribution in [0.3, 0.4) is 0 Å². The second-order valence-electron chi connectivity index (χ2n) is 6.68. The molecule has 2 N–H and O–H groups in total. The Hall–Kier alpha value is -0.900. The smallest absolute Gasteiger partial charge is 0.138 e. The maximum absolute atomic E-state index is 6.25. The van der Waals surface area contributed by atoms with E-state index in [2.05, 4.69) is 51.6 Å². The first-order chi connectivity index (χ1) is 8.21. The summed E-state index contributed by atoms with van der Waals surface area (Å²) in [5, 5.41) is 4.25. The van der Waals surface area contributed by atoms with Crippen molar-refractivity contribution in [1.29, 1.82) is 0 Å². The summed E-state index contributed by atoms with van der Waals surface area (Å²) >= 11 is 0. The van der Waals surface area contributed by atoms with Gasteiger partial charge in [-0.05, 0) is 31.6 Å². The summed E-state index contributed by atoms with van der Waals surface area (Å²) in [5.41, 5.74) is 6.56. The average Bonchev–Trinajstić information content (AvgIpc) is 2.63. The SMILES string of the molecule is CC(C)n1ncnc1CC(N)CC(C)C(C)(C)C. The maximum atomic E-state index is 6.25. The van der Waals surface area contributed by atoms with E-state index in [4.69, 9.17) is 5.73 Å². The van der Waals surface area contributed by atoms with E-state index in [1.54, 1.807) is 6.33 Å². The van der Waals surface area contributed by atoms with Crippen molar-refractivity contribution in [2.45, 2.75) is 66.5 Å². The van der Waals surface area contributed by atoms with Gasteiger partial charge in [0.15, 0.2) is 0 Å². The van der Waals surface area contributed by atoms with Crippen molar-refractivity contribution in [3.63, 3.8) is 0 Å². The predicted molar refractivity (Wildman–Crippen MR) is 75.3 cm³/mol. The van der Waals surface area contributed by atoms with Gasteiger partial charge in [-0.15, -0.1) is 0 Å². The van der Waals surface area contributed by atoms with Crippen molar-refractivity contribution in [1.82, 2.24) is 14.8 Å². The Morgan fingerprint density at radius 2 is 1.89 bits per heavy atom. The maximum Gasteiger partial charge on any atom is 0.138 e. The van der Waals surface area contributed by atoms with Crippen LogP contribution >= 0.6 is 0 Å². The van der Waals surface area contributed by atoms with Gasteiger partial charge in [-0.25, -0.2) is 9.67 Å². The van der Waals surface area contributed by atoms with Crippen molar-refractivity contribution in [2.75, 3.05) is 0 Å². The summed E-state index contributed by atoms with van der Waals surface area (Å²) in [6.45, 7) is 13.3. The van der Waals surface area contributed by atoms with Crippen molar-refractivity contribution in [3.8, 4) is 0 Å². The molecule has 0 aromatic carbocycles. The van der Waals surface area contributed by atoms with E-state index in [0.717, 1.165) is 18.7 Å². The molecular weight excluding hydrogens is 224 g/mol. The molecule has 0 aliphatic heterocycles. The van der Waals surface area contributed by atoms with Crippen LogP contribution in [0.4, 0.5) is 0 Å². The van der Waals surface area contributed by atoms with Gasteiger partial charge in [0.25, 0.3) is 0 Å². The minimum atomic E-state index is 0.154. The number of rotatable bonds is 5. The van der Waals surface area contributed by atoms with E-state index in [-0.39, 0.29) is 6.04 Å². The Labute approximate surface area is 111 Å². The molecule has 0 bridgehead atoms. The van der Waals surface area contributed by atoms with Crippen LogP contribution in [-0.2, 0) is 6.42 Å². The van der Waals surface area contributed by atoms with E-state index in [1.807, 2.05) is 4.68 Å². The summed E-state index contributed by atoms with van der Waals surface area (Å²) in [6.07, 6.45) is 3.45. The molecule has 0 saturated heterocycles. The van der Waals surface area contributed by atoms with Gasteiger partial charge in [0.1, 0.15) is 12.2 Å². The predicted octanol–water partition coefficient (Wildman–Crippen LogP) is 2.80. The Kier molecular flexibility index (Phi) is 4.91. The van der Waals surface area contributed by atoms with E-state index in [0.29, 0.717) is 17.4 Å². The highest BCUT2D eigenvalue weighted by Gasteiger charge is 2.23. The van der Waals surface area contributed by atoms with Gasteiger partial charge in [-0.3, -0.25) is 0 Å². The number of aromatic nitrogens is 3. The topological polar surface area (TPSA) is 56.7 Å². The zero-order valence-corrected chi connectivity index (χ0v) is 12.6. The van der Waals surface area contributed by atoms with Crippen LogP contribution in [0.1, 0.15) is 59.8 Å². The van der Waals surface area contributed by atoms with E-state index < -0.39 is 0 Å². The van der Waals surface area contributed by atoms with Crippen LogP contribution in [0.15, 0.2) is 6.33 Å². The Morgan fingerprint density at radius 3 is 2.39 bits per heavy atom. The molecule has 4 heteroatoms.